The van der Waals surface area contributed by atoms with Crippen molar-refractivity contribution in [1.82, 2.24) is 18.7 Å². The number of nitrogens with zero attached hydrogens (tertiary/aromatic N) is 3. The van der Waals surface area contributed by atoms with E-state index in [-0.39, 0.29) is 17.4 Å². The van der Waals surface area contributed by atoms with Gasteiger partial charge in [-0.1, -0.05) is 0 Å². The number of nitrogens with one attached hydrogen (secondary N) is 1. The molecule has 0 saturated carbocycles. The predicted molar refractivity (Wildman–Crippen MR) is 78.5 cm³/mol. The first-order chi connectivity index (χ1) is 10.0. The van der Waals surface area contributed by atoms with Crippen LogP contribution in [0.4, 0.5) is 0 Å². The Bertz CT molecular complexity index is 893. The molecule has 7 heteroatoms. The Morgan fingerprint density at radius 3 is 2.38 bits per heavy atom. The topological polar surface area (TPSA) is 73.4 Å². The second-order valence-electron chi connectivity index (χ2n) is 5.05. The largest absolute Gasteiger partial charge is 0.497 e. The molecule has 0 atom stereocenters. The van der Waals surface area contributed by atoms with Gasteiger partial charge in [0.1, 0.15) is 5.75 Å². The highest BCUT2D eigenvalue weighted by Crippen LogP contribution is 2.14. The maximum Gasteiger partial charge on any atom is 0.353 e. The second kappa shape index (κ2) is 4.69. The zero-order valence-electron chi connectivity index (χ0n) is 12.0. The van der Waals surface area contributed by atoms with E-state index in [1.807, 2.05) is 13.8 Å². The number of hydrogen-bond donors (Lipinski definition) is 1. The van der Waals surface area contributed by atoms with Crippen molar-refractivity contribution in [2.75, 3.05) is 7.11 Å². The lowest BCUT2D eigenvalue weighted by Gasteiger charge is -2.06. The Hall–Kier alpha value is -2.70. The smallest absolute Gasteiger partial charge is 0.353 e. The van der Waals surface area contributed by atoms with Crippen molar-refractivity contribution in [1.29, 1.82) is 0 Å². The molecule has 0 bridgehead atoms. The molecule has 3 rings (SSSR count). The number of imidazole rings is 1. The summed E-state index contributed by atoms with van der Waals surface area (Å²) in [5.74, 6) is 0.718. The average Bonchev–Trinajstić information content (AvgIpc) is 2.95. The Labute approximate surface area is 120 Å². The minimum atomic E-state index is -0.293. The zero-order valence-corrected chi connectivity index (χ0v) is 12.0. The maximum absolute atomic E-state index is 12.5. The molecule has 0 aliphatic rings. The van der Waals surface area contributed by atoms with Gasteiger partial charge in [0.15, 0.2) is 5.65 Å². The van der Waals surface area contributed by atoms with Gasteiger partial charge in [0, 0.05) is 0 Å². The summed E-state index contributed by atoms with van der Waals surface area (Å²) in [5.41, 5.74) is 0.594. The van der Waals surface area contributed by atoms with Gasteiger partial charge in [-0.3, -0.25) is 9.55 Å². The van der Waals surface area contributed by atoms with Gasteiger partial charge in [0.05, 0.1) is 25.0 Å². The Morgan fingerprint density at radius 2 is 1.81 bits per heavy atom. The number of hydrogen-bond acceptors (Lipinski definition) is 3. The Kier molecular flexibility index (Phi) is 2.97. The molecule has 0 unspecified atom stereocenters. The first-order valence-corrected chi connectivity index (χ1v) is 6.62. The van der Waals surface area contributed by atoms with E-state index in [1.165, 1.54) is 13.8 Å². The maximum atomic E-state index is 12.5. The normalized spacial score (nSPS) is 11.4. The molecule has 0 aliphatic carbocycles. The summed E-state index contributed by atoms with van der Waals surface area (Å²) in [6, 6.07) is 7.03. The molecule has 0 aliphatic heterocycles. The number of benzene rings is 1. The van der Waals surface area contributed by atoms with Crippen molar-refractivity contribution < 1.29 is 4.74 Å². The van der Waals surface area contributed by atoms with Crippen molar-refractivity contribution in [3.63, 3.8) is 0 Å². The van der Waals surface area contributed by atoms with Gasteiger partial charge in [-0.05, 0) is 38.1 Å². The molecule has 110 valence electrons. The summed E-state index contributed by atoms with van der Waals surface area (Å²) in [7, 11) is 1.59. The van der Waals surface area contributed by atoms with E-state index in [0.29, 0.717) is 11.3 Å². The molecule has 21 heavy (non-hydrogen) atoms. The second-order valence-corrected chi connectivity index (χ2v) is 5.05. The molecule has 7 nitrogen and oxygen atoms in total. The van der Waals surface area contributed by atoms with Crippen LogP contribution in [0.3, 0.4) is 0 Å². The summed E-state index contributed by atoms with van der Waals surface area (Å²) in [4.78, 5) is 27.1. The van der Waals surface area contributed by atoms with Crippen molar-refractivity contribution in [3.05, 3.63) is 51.4 Å². The summed E-state index contributed by atoms with van der Waals surface area (Å²) in [5, 5.41) is 0. The number of aromatic amines is 1. The Balaban J connectivity index is 2.23. The standard InChI is InChI=1S/C14H16N4O3/c1-9(2)17-13(19)15-12-8-16(14(20)18(12)17)10-4-6-11(21-3)7-5-10/h4-9H,1-3H3,(H,15,19). The number of methoxy groups -OCH3 is 1. The molecule has 2 aromatic heterocycles. The third-order valence-electron chi connectivity index (χ3n) is 3.37. The van der Waals surface area contributed by atoms with Crippen LogP contribution < -0.4 is 16.1 Å². The monoisotopic (exact) mass is 288 g/mol. The molecule has 0 spiro atoms. The lowest BCUT2D eigenvalue weighted by atomic mass is 10.3. The van der Waals surface area contributed by atoms with Gasteiger partial charge in [-0.15, -0.1) is 0 Å². The van der Waals surface area contributed by atoms with Crippen LogP contribution in [0.25, 0.3) is 11.3 Å². The summed E-state index contributed by atoms with van der Waals surface area (Å²) >= 11 is 0. The highest BCUT2D eigenvalue weighted by atomic mass is 16.5. The third kappa shape index (κ3) is 1.97. The van der Waals surface area contributed by atoms with Crippen LogP contribution in [0.5, 0.6) is 5.75 Å². The molecule has 1 aromatic carbocycles. The molecular weight excluding hydrogens is 272 g/mol. The van der Waals surface area contributed by atoms with Crippen molar-refractivity contribution in [3.8, 4) is 11.4 Å². The summed E-state index contributed by atoms with van der Waals surface area (Å²) in [6.45, 7) is 3.71. The molecule has 2 heterocycles. The van der Waals surface area contributed by atoms with Gasteiger partial charge < -0.3 is 4.74 Å². The van der Waals surface area contributed by atoms with E-state index < -0.39 is 0 Å². The molecule has 3 aromatic rings. The van der Waals surface area contributed by atoms with E-state index in [9.17, 15) is 9.59 Å². The van der Waals surface area contributed by atoms with Crippen LogP contribution >= 0.6 is 0 Å². The summed E-state index contributed by atoms with van der Waals surface area (Å²) in [6.07, 6.45) is 1.62. The van der Waals surface area contributed by atoms with E-state index in [4.69, 9.17) is 4.74 Å². The lowest BCUT2D eigenvalue weighted by Crippen LogP contribution is -2.30. The quantitative estimate of drug-likeness (QED) is 0.786. The molecule has 0 amide bonds. The van der Waals surface area contributed by atoms with Crippen molar-refractivity contribution in [2.45, 2.75) is 19.9 Å². The van der Waals surface area contributed by atoms with E-state index in [1.54, 1.807) is 37.6 Å². The fraction of sp³-hybridized carbons (Fsp3) is 0.286. The minimum Gasteiger partial charge on any atom is -0.497 e. The number of rotatable bonds is 3. The van der Waals surface area contributed by atoms with E-state index in [0.717, 1.165) is 5.75 Å². The van der Waals surface area contributed by atoms with Crippen molar-refractivity contribution in [2.24, 2.45) is 0 Å². The first-order valence-electron chi connectivity index (χ1n) is 6.62. The predicted octanol–water partition coefficient (Wildman–Crippen LogP) is 1.17. The van der Waals surface area contributed by atoms with Crippen LogP contribution in [0.1, 0.15) is 19.9 Å². The fourth-order valence-corrected chi connectivity index (χ4v) is 2.38. The third-order valence-corrected chi connectivity index (χ3v) is 3.37. The molecule has 0 fully saturated rings. The molecule has 0 radical (unpaired) electrons. The van der Waals surface area contributed by atoms with Gasteiger partial charge in [0.2, 0.25) is 0 Å². The summed E-state index contributed by atoms with van der Waals surface area (Å²) < 4.78 is 9.35. The number of aromatic nitrogens is 4. The zero-order chi connectivity index (χ0) is 15.1. The van der Waals surface area contributed by atoms with Gasteiger partial charge in [0.25, 0.3) is 0 Å². The molecular formula is C14H16N4O3. The van der Waals surface area contributed by atoms with Crippen LogP contribution in [-0.4, -0.2) is 25.9 Å². The van der Waals surface area contributed by atoms with Crippen LogP contribution in [-0.2, 0) is 0 Å². The van der Waals surface area contributed by atoms with Crippen molar-refractivity contribution >= 4 is 5.65 Å². The minimum absolute atomic E-state index is 0.115. The number of H-pyrrole nitrogens is 1. The van der Waals surface area contributed by atoms with Gasteiger partial charge in [-0.2, -0.15) is 4.52 Å². The number of ether oxygens (including phenoxy) is 1. The van der Waals surface area contributed by atoms with Gasteiger partial charge >= 0.3 is 11.4 Å². The lowest BCUT2D eigenvalue weighted by molar-refractivity contribution is 0.414. The fourth-order valence-electron chi connectivity index (χ4n) is 2.38. The SMILES string of the molecule is COc1ccc(-n2cc3[nH]c(=O)n(C(C)C)n3c2=O)cc1. The highest BCUT2D eigenvalue weighted by molar-refractivity contribution is 5.42. The molecule has 1 N–H and O–H groups in total. The van der Waals surface area contributed by atoms with E-state index >= 15 is 0 Å². The Morgan fingerprint density at radius 1 is 1.14 bits per heavy atom. The average molecular weight is 288 g/mol. The van der Waals surface area contributed by atoms with Crippen LogP contribution in [0.2, 0.25) is 0 Å². The highest BCUT2D eigenvalue weighted by Gasteiger charge is 2.15. The van der Waals surface area contributed by atoms with Crippen LogP contribution in [0, 0.1) is 0 Å². The number of fused-ring (bicyclic) bond motifs is 1. The van der Waals surface area contributed by atoms with Crippen LogP contribution in [0.15, 0.2) is 40.1 Å². The van der Waals surface area contributed by atoms with E-state index in [2.05, 4.69) is 4.98 Å². The molecule has 0 saturated heterocycles. The first kappa shape index (κ1) is 13.3. The van der Waals surface area contributed by atoms with Gasteiger partial charge in [-0.25, -0.2) is 14.3 Å².